The molecule has 0 saturated carbocycles. The number of hydrogen-bond donors (Lipinski definition) is 2. The summed E-state index contributed by atoms with van der Waals surface area (Å²) in [6.45, 7) is 6.98. The zero-order valence-corrected chi connectivity index (χ0v) is 21.5. The van der Waals surface area contributed by atoms with Crippen molar-refractivity contribution in [1.82, 2.24) is 24.5 Å². The minimum absolute atomic E-state index is 0.0442. The molecule has 0 bridgehead atoms. The van der Waals surface area contributed by atoms with Crippen LogP contribution in [0.25, 0.3) is 16.5 Å². The van der Waals surface area contributed by atoms with Crippen molar-refractivity contribution in [2.45, 2.75) is 19.9 Å². The fourth-order valence-electron chi connectivity index (χ4n) is 4.32. The first-order valence-electron chi connectivity index (χ1n) is 11.7. The van der Waals surface area contributed by atoms with E-state index in [-0.39, 0.29) is 17.1 Å². The monoisotopic (exact) mass is 521 g/mol. The van der Waals surface area contributed by atoms with Gasteiger partial charge in [0.05, 0.1) is 28.0 Å². The first-order valence-corrected chi connectivity index (χ1v) is 12.5. The van der Waals surface area contributed by atoms with Crippen LogP contribution in [0.5, 0.6) is 0 Å². The number of amides is 1. The molecular weight excluding hydrogens is 498 g/mol. The molecule has 38 heavy (non-hydrogen) atoms. The van der Waals surface area contributed by atoms with Crippen LogP contribution in [0.4, 0.5) is 5.82 Å². The number of hydrogen-bond acceptors (Lipinski definition) is 7. The van der Waals surface area contributed by atoms with Gasteiger partial charge in [-0.2, -0.15) is 5.10 Å². The van der Waals surface area contributed by atoms with Crippen LogP contribution in [-0.4, -0.2) is 31.8 Å². The number of aromatic nitrogens is 4. The third-order valence-electron chi connectivity index (χ3n) is 6.03. The highest BCUT2D eigenvalue weighted by Crippen LogP contribution is 2.24. The number of nitrogen functional groups attached to an aromatic ring is 1. The lowest BCUT2D eigenvalue weighted by atomic mass is 10.0. The van der Waals surface area contributed by atoms with Gasteiger partial charge in [0.2, 0.25) is 0 Å². The summed E-state index contributed by atoms with van der Waals surface area (Å²) in [4.78, 5) is 36.3. The van der Waals surface area contributed by atoms with Crippen LogP contribution in [0.2, 0.25) is 0 Å². The molecule has 9 nitrogen and oxygen atoms in total. The molecule has 0 aliphatic carbocycles. The van der Waals surface area contributed by atoms with Crippen molar-refractivity contribution in [3.05, 3.63) is 104 Å². The normalized spacial score (nSPS) is 11.5. The van der Waals surface area contributed by atoms with Crippen molar-refractivity contribution >= 4 is 40.6 Å². The standard InChI is InChI=1S/C28H23N7O2S/c1-17(32-27(36)25-26(29)33-18(2)35(25)30-3)23-14-20-9-7-8-19(12-13-22-15-31-16-38-22)24(20)28(37)34(23)21-10-5-4-6-11-21/h4-11,14-17H,3,29H2,1-2H3,(H,32,36). The first kappa shape index (κ1) is 24.7. The molecule has 0 aliphatic heterocycles. The highest BCUT2D eigenvalue weighted by atomic mass is 32.1. The van der Waals surface area contributed by atoms with E-state index in [0.29, 0.717) is 33.5 Å². The number of carbonyl (C=O) groups excluding carboxylic acids is 1. The minimum atomic E-state index is -0.584. The third kappa shape index (κ3) is 4.47. The topological polar surface area (TPSA) is 120 Å². The first-order chi connectivity index (χ1) is 18.4. The lowest BCUT2D eigenvalue weighted by Gasteiger charge is -2.21. The molecule has 2 aromatic carbocycles. The number of carbonyl (C=O) groups is 1. The number of nitrogens with one attached hydrogen (secondary N) is 1. The molecule has 0 spiro atoms. The lowest BCUT2D eigenvalue weighted by Crippen LogP contribution is -2.33. The van der Waals surface area contributed by atoms with Crippen LogP contribution >= 0.6 is 11.3 Å². The number of anilines is 1. The second-order valence-corrected chi connectivity index (χ2v) is 9.36. The van der Waals surface area contributed by atoms with Crippen molar-refractivity contribution in [2.24, 2.45) is 5.10 Å². The molecule has 3 N–H and O–H groups in total. The molecule has 3 aromatic heterocycles. The second kappa shape index (κ2) is 10.2. The Morgan fingerprint density at radius 1 is 1.18 bits per heavy atom. The van der Waals surface area contributed by atoms with Gasteiger partial charge in [0.25, 0.3) is 11.5 Å². The molecule has 1 atom stereocenters. The maximum Gasteiger partial charge on any atom is 0.274 e. The van der Waals surface area contributed by atoms with E-state index >= 15 is 0 Å². The SMILES string of the molecule is C=Nn1c(C)nc(N)c1C(=O)NC(C)c1cc2cccc(C#Cc3cncs3)c2c(=O)n1-c1ccccc1. The Morgan fingerprint density at radius 2 is 1.97 bits per heavy atom. The fraction of sp³-hybridized carbons (Fsp3) is 0.107. The maximum absolute atomic E-state index is 14.1. The number of fused-ring (bicyclic) bond motifs is 1. The van der Waals surface area contributed by atoms with Gasteiger partial charge in [0, 0.05) is 23.7 Å². The Balaban J connectivity index is 1.66. The fourth-order valence-corrected chi connectivity index (χ4v) is 4.79. The number of pyridine rings is 1. The van der Waals surface area contributed by atoms with E-state index in [9.17, 15) is 9.59 Å². The zero-order chi connectivity index (χ0) is 26.8. The van der Waals surface area contributed by atoms with Gasteiger partial charge in [-0.25, -0.2) is 9.66 Å². The molecule has 1 unspecified atom stereocenters. The summed E-state index contributed by atoms with van der Waals surface area (Å²) in [6.07, 6.45) is 1.69. The smallest absolute Gasteiger partial charge is 0.274 e. The number of aryl methyl sites for hydroxylation is 1. The summed E-state index contributed by atoms with van der Waals surface area (Å²) in [5.74, 6) is 6.21. The molecular formula is C28H23N7O2S. The van der Waals surface area contributed by atoms with Gasteiger partial charge < -0.3 is 11.1 Å². The molecule has 5 rings (SSSR count). The number of benzene rings is 2. The molecule has 1 amide bonds. The van der Waals surface area contributed by atoms with E-state index in [1.807, 2.05) is 54.6 Å². The van der Waals surface area contributed by atoms with Crippen LogP contribution in [0.15, 0.2) is 76.2 Å². The number of para-hydroxylation sites is 1. The number of rotatable bonds is 5. The quantitative estimate of drug-likeness (QED) is 0.269. The highest BCUT2D eigenvalue weighted by Gasteiger charge is 2.24. The van der Waals surface area contributed by atoms with Gasteiger partial charge in [-0.15, -0.1) is 11.3 Å². The van der Waals surface area contributed by atoms with Crippen molar-refractivity contribution in [3.8, 4) is 17.5 Å². The molecule has 3 heterocycles. The van der Waals surface area contributed by atoms with Crippen LogP contribution < -0.4 is 16.6 Å². The van der Waals surface area contributed by atoms with Gasteiger partial charge in [0.15, 0.2) is 11.5 Å². The van der Waals surface area contributed by atoms with Crippen molar-refractivity contribution in [3.63, 3.8) is 0 Å². The van der Waals surface area contributed by atoms with E-state index in [1.54, 1.807) is 30.1 Å². The van der Waals surface area contributed by atoms with Crippen molar-refractivity contribution in [2.75, 3.05) is 5.73 Å². The van der Waals surface area contributed by atoms with Gasteiger partial charge in [0.1, 0.15) is 5.82 Å². The Labute approximate surface area is 222 Å². The van der Waals surface area contributed by atoms with Crippen LogP contribution in [0.1, 0.15) is 45.4 Å². The average Bonchev–Trinajstić information content (AvgIpc) is 3.54. The molecule has 0 fully saturated rings. The highest BCUT2D eigenvalue weighted by molar-refractivity contribution is 7.10. The second-order valence-electron chi connectivity index (χ2n) is 8.47. The number of nitrogens with zero attached hydrogens (tertiary/aromatic N) is 5. The van der Waals surface area contributed by atoms with Gasteiger partial charge in [-0.05, 0) is 49.4 Å². The zero-order valence-electron chi connectivity index (χ0n) is 20.7. The largest absolute Gasteiger partial charge is 0.382 e. The molecule has 0 radical (unpaired) electrons. The van der Waals surface area contributed by atoms with Crippen molar-refractivity contribution in [1.29, 1.82) is 0 Å². The molecule has 0 aliphatic rings. The summed E-state index contributed by atoms with van der Waals surface area (Å²) < 4.78 is 2.89. The predicted molar refractivity (Wildman–Crippen MR) is 150 cm³/mol. The molecule has 5 aromatic rings. The number of nitrogens with two attached hydrogens (primary N) is 1. The van der Waals surface area contributed by atoms with E-state index in [0.717, 1.165) is 4.88 Å². The maximum atomic E-state index is 14.1. The Kier molecular flexibility index (Phi) is 6.60. The number of imidazole rings is 1. The van der Waals surface area contributed by atoms with Gasteiger partial charge in [-0.3, -0.25) is 19.1 Å². The van der Waals surface area contributed by atoms with Crippen LogP contribution in [-0.2, 0) is 0 Å². The van der Waals surface area contributed by atoms with Crippen molar-refractivity contribution < 1.29 is 4.79 Å². The van der Waals surface area contributed by atoms with E-state index in [2.05, 4.69) is 38.9 Å². The summed E-state index contributed by atoms with van der Waals surface area (Å²) >= 11 is 1.43. The van der Waals surface area contributed by atoms with E-state index < -0.39 is 11.9 Å². The molecule has 188 valence electrons. The lowest BCUT2D eigenvalue weighted by molar-refractivity contribution is 0.0931. The summed E-state index contributed by atoms with van der Waals surface area (Å²) in [5.41, 5.74) is 9.39. The Bertz CT molecular complexity index is 1790. The Hall–Kier alpha value is -5.01. The minimum Gasteiger partial charge on any atom is -0.382 e. The Morgan fingerprint density at radius 3 is 2.68 bits per heavy atom. The average molecular weight is 522 g/mol. The summed E-state index contributed by atoms with van der Waals surface area (Å²) in [6, 6.07) is 16.1. The van der Waals surface area contributed by atoms with Crippen LogP contribution in [0.3, 0.4) is 0 Å². The summed E-state index contributed by atoms with van der Waals surface area (Å²) in [7, 11) is 0. The van der Waals surface area contributed by atoms with E-state index in [1.165, 1.54) is 16.0 Å². The summed E-state index contributed by atoms with van der Waals surface area (Å²) in [5, 5.41) is 7.99. The van der Waals surface area contributed by atoms with Crippen LogP contribution in [0, 0.1) is 18.8 Å². The third-order valence-corrected chi connectivity index (χ3v) is 6.72. The molecule has 0 saturated heterocycles. The molecule has 10 heteroatoms. The van der Waals surface area contributed by atoms with Gasteiger partial charge in [-0.1, -0.05) is 36.3 Å². The predicted octanol–water partition coefficient (Wildman–Crippen LogP) is 3.89. The van der Waals surface area contributed by atoms with E-state index in [4.69, 9.17) is 5.73 Å². The van der Waals surface area contributed by atoms with Gasteiger partial charge >= 0.3 is 0 Å². The number of thiazole rings is 1.